The molecule has 0 spiro atoms. The molecule has 2 aromatic carbocycles. The topological polar surface area (TPSA) is 46.6 Å². The van der Waals surface area contributed by atoms with E-state index in [4.69, 9.17) is 4.74 Å². The Hall–Kier alpha value is -2.62. The van der Waals surface area contributed by atoms with E-state index in [-0.39, 0.29) is 5.78 Å². The highest BCUT2D eigenvalue weighted by atomic mass is 16.5. The van der Waals surface area contributed by atoms with Crippen LogP contribution in [0.1, 0.15) is 40.1 Å². The summed E-state index contributed by atoms with van der Waals surface area (Å²) in [7, 11) is 3.80. The van der Waals surface area contributed by atoms with Gasteiger partial charge in [-0.3, -0.25) is 4.79 Å². The number of hydrogen-bond acceptors (Lipinski definition) is 4. The Balaban J connectivity index is 2.07. The first kappa shape index (κ1) is 17.7. The number of carbonyl (C=O) groups excluding carboxylic acids is 2. The molecule has 0 N–H and O–H groups in total. The number of nitrogens with zero attached hydrogens (tertiary/aromatic N) is 1. The zero-order chi connectivity index (χ0) is 17.7. The van der Waals surface area contributed by atoms with Gasteiger partial charge < -0.3 is 9.64 Å². The average Bonchev–Trinajstić information content (AvgIpc) is 2.61. The Kier molecular flexibility index (Phi) is 5.74. The van der Waals surface area contributed by atoms with Crippen LogP contribution in [0.4, 0.5) is 5.69 Å². The summed E-state index contributed by atoms with van der Waals surface area (Å²) >= 11 is 0. The molecule has 0 radical (unpaired) electrons. The van der Waals surface area contributed by atoms with Crippen molar-refractivity contribution in [2.75, 3.05) is 19.0 Å². The predicted molar refractivity (Wildman–Crippen MR) is 95.8 cm³/mol. The molecular weight excluding hydrogens is 302 g/mol. The number of hydrogen-bond donors (Lipinski definition) is 0. The number of esters is 1. The van der Waals surface area contributed by atoms with Gasteiger partial charge in [-0.2, -0.15) is 0 Å². The van der Waals surface area contributed by atoms with Gasteiger partial charge in [0.15, 0.2) is 6.10 Å². The third-order valence-electron chi connectivity index (χ3n) is 3.90. The largest absolute Gasteiger partial charge is 0.451 e. The fourth-order valence-electron chi connectivity index (χ4n) is 2.33. The van der Waals surface area contributed by atoms with E-state index >= 15 is 0 Å². The van der Waals surface area contributed by atoms with E-state index in [0.717, 1.165) is 17.7 Å². The Labute approximate surface area is 143 Å². The lowest BCUT2D eigenvalue weighted by atomic mass is 10.0. The highest BCUT2D eigenvalue weighted by Gasteiger charge is 2.20. The van der Waals surface area contributed by atoms with E-state index in [9.17, 15) is 9.59 Å². The van der Waals surface area contributed by atoms with Gasteiger partial charge in [0.05, 0.1) is 5.56 Å². The van der Waals surface area contributed by atoms with Crippen molar-refractivity contribution in [3.8, 4) is 0 Å². The van der Waals surface area contributed by atoms with E-state index < -0.39 is 12.1 Å². The summed E-state index contributed by atoms with van der Waals surface area (Å²) in [6.45, 7) is 3.66. The zero-order valence-corrected chi connectivity index (χ0v) is 14.6. The van der Waals surface area contributed by atoms with Gasteiger partial charge in [0.25, 0.3) is 0 Å². The van der Waals surface area contributed by atoms with Gasteiger partial charge in [-0.25, -0.2) is 4.79 Å². The van der Waals surface area contributed by atoms with Crippen LogP contribution in [0, 0.1) is 0 Å². The fourth-order valence-corrected chi connectivity index (χ4v) is 2.33. The SMILES string of the molecule is CCc1ccc(C(=O)[C@H](C)OC(=O)c2cccc(N(C)C)c2)cc1. The maximum absolute atomic E-state index is 12.4. The Morgan fingerprint density at radius 2 is 1.71 bits per heavy atom. The molecule has 0 heterocycles. The van der Waals surface area contributed by atoms with Crippen molar-refractivity contribution >= 4 is 17.4 Å². The molecule has 1 atom stereocenters. The standard InChI is InChI=1S/C20H23NO3/c1-5-15-9-11-16(12-10-15)19(22)14(2)24-20(23)17-7-6-8-18(13-17)21(3)4/h6-14H,5H2,1-4H3/t14-/m0/s1. The van der Waals surface area contributed by atoms with E-state index in [2.05, 4.69) is 6.92 Å². The van der Waals surface area contributed by atoms with Gasteiger partial charge in [0, 0.05) is 25.3 Å². The first-order valence-corrected chi connectivity index (χ1v) is 8.04. The lowest BCUT2D eigenvalue weighted by Crippen LogP contribution is -2.24. The molecule has 4 nitrogen and oxygen atoms in total. The van der Waals surface area contributed by atoms with Crippen LogP contribution in [0.2, 0.25) is 0 Å². The number of anilines is 1. The molecule has 0 amide bonds. The molecule has 0 saturated heterocycles. The highest BCUT2D eigenvalue weighted by Crippen LogP contribution is 2.16. The molecule has 126 valence electrons. The Morgan fingerprint density at radius 3 is 2.29 bits per heavy atom. The zero-order valence-electron chi connectivity index (χ0n) is 14.6. The van der Waals surface area contributed by atoms with Crippen molar-refractivity contribution in [1.82, 2.24) is 0 Å². The quantitative estimate of drug-likeness (QED) is 0.599. The van der Waals surface area contributed by atoms with Crippen LogP contribution in [-0.2, 0) is 11.2 Å². The molecule has 0 aliphatic rings. The molecule has 0 aromatic heterocycles. The first-order chi connectivity index (χ1) is 11.4. The third-order valence-corrected chi connectivity index (χ3v) is 3.90. The third kappa shape index (κ3) is 4.22. The van der Waals surface area contributed by atoms with Crippen molar-refractivity contribution in [2.24, 2.45) is 0 Å². The van der Waals surface area contributed by atoms with E-state index in [1.807, 2.05) is 37.2 Å². The molecule has 24 heavy (non-hydrogen) atoms. The molecule has 0 aliphatic heterocycles. The molecular formula is C20H23NO3. The number of ketones is 1. The smallest absolute Gasteiger partial charge is 0.338 e. The van der Waals surface area contributed by atoms with E-state index in [1.54, 1.807) is 37.3 Å². The number of rotatable bonds is 6. The summed E-state index contributed by atoms with van der Waals surface area (Å²) < 4.78 is 5.34. The molecule has 0 aliphatic carbocycles. The minimum absolute atomic E-state index is 0.199. The summed E-state index contributed by atoms with van der Waals surface area (Å²) in [6, 6.07) is 14.5. The Bertz CT molecular complexity index is 720. The van der Waals surface area contributed by atoms with Crippen molar-refractivity contribution in [2.45, 2.75) is 26.4 Å². The second-order valence-electron chi connectivity index (χ2n) is 5.91. The van der Waals surface area contributed by atoms with Gasteiger partial charge in [0.1, 0.15) is 0 Å². The van der Waals surface area contributed by atoms with Crippen molar-refractivity contribution in [3.05, 3.63) is 65.2 Å². The van der Waals surface area contributed by atoms with Crippen LogP contribution in [-0.4, -0.2) is 32.0 Å². The van der Waals surface area contributed by atoms with Crippen LogP contribution in [0.15, 0.2) is 48.5 Å². The normalized spacial score (nSPS) is 11.7. The predicted octanol–water partition coefficient (Wildman–Crippen LogP) is 3.74. The maximum atomic E-state index is 12.4. The average molecular weight is 325 g/mol. The van der Waals surface area contributed by atoms with Crippen LogP contribution in [0.3, 0.4) is 0 Å². The number of carbonyl (C=O) groups is 2. The number of ether oxygens (including phenoxy) is 1. The molecule has 0 unspecified atom stereocenters. The first-order valence-electron chi connectivity index (χ1n) is 8.04. The number of aryl methyl sites for hydroxylation is 1. The Morgan fingerprint density at radius 1 is 1.04 bits per heavy atom. The van der Waals surface area contributed by atoms with E-state index in [0.29, 0.717) is 11.1 Å². The number of Topliss-reactive ketones (excluding diaryl/α,β-unsaturated/α-hetero) is 1. The second kappa shape index (κ2) is 7.77. The minimum Gasteiger partial charge on any atom is -0.451 e. The number of benzene rings is 2. The maximum Gasteiger partial charge on any atom is 0.338 e. The summed E-state index contributed by atoms with van der Waals surface area (Å²) in [5, 5.41) is 0. The van der Waals surface area contributed by atoms with Gasteiger partial charge in [-0.05, 0) is 37.1 Å². The van der Waals surface area contributed by atoms with Crippen molar-refractivity contribution in [3.63, 3.8) is 0 Å². The van der Waals surface area contributed by atoms with Gasteiger partial charge in [-0.15, -0.1) is 0 Å². The molecule has 2 aromatic rings. The molecule has 2 rings (SSSR count). The molecule has 4 heteroatoms. The lowest BCUT2D eigenvalue weighted by molar-refractivity contribution is 0.0319. The van der Waals surface area contributed by atoms with Crippen LogP contribution < -0.4 is 4.90 Å². The second-order valence-corrected chi connectivity index (χ2v) is 5.91. The van der Waals surface area contributed by atoms with Crippen molar-refractivity contribution < 1.29 is 14.3 Å². The fraction of sp³-hybridized carbons (Fsp3) is 0.300. The van der Waals surface area contributed by atoms with Crippen molar-refractivity contribution in [1.29, 1.82) is 0 Å². The van der Waals surface area contributed by atoms with E-state index in [1.165, 1.54) is 0 Å². The molecule has 0 fully saturated rings. The summed E-state index contributed by atoms with van der Waals surface area (Å²) in [5.74, 6) is -0.695. The van der Waals surface area contributed by atoms with Crippen LogP contribution in [0.5, 0.6) is 0 Å². The van der Waals surface area contributed by atoms with Crippen LogP contribution in [0.25, 0.3) is 0 Å². The monoisotopic (exact) mass is 325 g/mol. The highest BCUT2D eigenvalue weighted by molar-refractivity contribution is 6.01. The molecule has 0 saturated carbocycles. The summed E-state index contributed by atoms with van der Waals surface area (Å²) in [4.78, 5) is 26.6. The lowest BCUT2D eigenvalue weighted by Gasteiger charge is -2.15. The summed E-state index contributed by atoms with van der Waals surface area (Å²) in [6.07, 6.45) is 0.0919. The summed E-state index contributed by atoms with van der Waals surface area (Å²) in [5.41, 5.74) is 3.05. The van der Waals surface area contributed by atoms with Gasteiger partial charge in [0.2, 0.25) is 5.78 Å². The van der Waals surface area contributed by atoms with Gasteiger partial charge in [-0.1, -0.05) is 37.3 Å². The van der Waals surface area contributed by atoms with Crippen LogP contribution >= 0.6 is 0 Å². The molecule has 0 bridgehead atoms. The van der Waals surface area contributed by atoms with Gasteiger partial charge >= 0.3 is 5.97 Å². The minimum atomic E-state index is -0.826.